The monoisotopic (exact) mass is 270 g/mol. The van der Waals surface area contributed by atoms with E-state index in [0.29, 0.717) is 0 Å². The van der Waals surface area contributed by atoms with Gasteiger partial charge in [0.2, 0.25) is 0 Å². The lowest BCUT2D eigenvalue weighted by Crippen LogP contribution is -2.51. The predicted octanol–water partition coefficient (Wildman–Crippen LogP) is 4.78. The zero-order valence-corrected chi connectivity index (χ0v) is 13.2. The van der Waals surface area contributed by atoms with Crippen LogP contribution in [0.4, 0.5) is 0 Å². The molecule has 2 nitrogen and oxygen atoms in total. The number of rotatable bonds is 6. The predicted molar refractivity (Wildman–Crippen MR) is 78.1 cm³/mol. The molecule has 0 aromatic rings. The van der Waals surface area contributed by atoms with Crippen molar-refractivity contribution in [3.63, 3.8) is 0 Å². The first-order chi connectivity index (χ1) is 8.83. The van der Waals surface area contributed by atoms with Crippen molar-refractivity contribution in [2.24, 2.45) is 0 Å². The van der Waals surface area contributed by atoms with Crippen molar-refractivity contribution in [1.29, 1.82) is 0 Å². The minimum Gasteiger partial charge on any atom is -0.394 e. The molecule has 2 fully saturated rings. The molecule has 0 spiro atoms. The zero-order chi connectivity index (χ0) is 12.8. The van der Waals surface area contributed by atoms with Crippen molar-refractivity contribution in [2.75, 3.05) is 13.2 Å². The smallest absolute Gasteiger partial charge is 0.344 e. The molecular weight excluding hydrogens is 240 g/mol. The topological polar surface area (TPSA) is 18.5 Å². The van der Waals surface area contributed by atoms with Crippen LogP contribution in [0.25, 0.3) is 0 Å². The second-order valence-electron chi connectivity index (χ2n) is 5.90. The summed E-state index contributed by atoms with van der Waals surface area (Å²) in [5.74, 6) is 0. The standard InChI is InChI=1S/C15H30O2Si/c1-3-16-18(17-4-2,15-12-8-9-13-15)14-10-6-5-7-11-14/h14-15H,3-13H2,1-2H3. The first-order valence-electron chi connectivity index (χ1n) is 8.11. The molecule has 2 aliphatic carbocycles. The molecule has 0 bridgehead atoms. The zero-order valence-electron chi connectivity index (χ0n) is 12.2. The molecule has 0 heterocycles. The first-order valence-corrected chi connectivity index (χ1v) is 10.1. The van der Waals surface area contributed by atoms with Crippen molar-refractivity contribution in [3.8, 4) is 0 Å². The molecule has 0 atom stereocenters. The van der Waals surface area contributed by atoms with Gasteiger partial charge in [-0.3, -0.25) is 0 Å². The van der Waals surface area contributed by atoms with Gasteiger partial charge >= 0.3 is 8.56 Å². The Balaban J connectivity index is 2.16. The minimum atomic E-state index is -1.96. The highest BCUT2D eigenvalue weighted by atomic mass is 28.4. The number of hydrogen-bond acceptors (Lipinski definition) is 2. The van der Waals surface area contributed by atoms with Crippen LogP contribution in [-0.2, 0) is 8.85 Å². The third-order valence-corrected chi connectivity index (χ3v) is 9.75. The summed E-state index contributed by atoms with van der Waals surface area (Å²) in [5, 5.41) is 0. The minimum absolute atomic E-state index is 0.772. The van der Waals surface area contributed by atoms with Gasteiger partial charge in [-0.2, -0.15) is 0 Å². The molecule has 0 amide bonds. The van der Waals surface area contributed by atoms with Crippen LogP contribution in [0.1, 0.15) is 71.6 Å². The highest BCUT2D eigenvalue weighted by molar-refractivity contribution is 6.70. The van der Waals surface area contributed by atoms with E-state index in [2.05, 4.69) is 13.8 Å². The lowest BCUT2D eigenvalue weighted by Gasteiger charge is -2.42. The summed E-state index contributed by atoms with van der Waals surface area (Å²) in [7, 11) is -1.96. The summed E-state index contributed by atoms with van der Waals surface area (Å²) in [5.41, 5.74) is 1.55. The second kappa shape index (κ2) is 7.06. The van der Waals surface area contributed by atoms with Crippen molar-refractivity contribution in [3.05, 3.63) is 0 Å². The fourth-order valence-corrected chi connectivity index (χ4v) is 9.15. The molecule has 2 aliphatic rings. The molecule has 0 aliphatic heterocycles. The summed E-state index contributed by atoms with van der Waals surface area (Å²) in [6.45, 7) is 6.00. The Morgan fingerprint density at radius 2 is 1.11 bits per heavy atom. The normalized spacial score (nSPS) is 23.7. The highest BCUT2D eigenvalue weighted by Crippen LogP contribution is 2.50. The van der Waals surface area contributed by atoms with Crippen LogP contribution in [-0.4, -0.2) is 21.8 Å². The summed E-state index contributed by atoms with van der Waals surface area (Å²) < 4.78 is 12.8. The quantitative estimate of drug-likeness (QED) is 0.647. The van der Waals surface area contributed by atoms with Crippen molar-refractivity contribution < 1.29 is 8.85 Å². The Hall–Kier alpha value is 0.137. The van der Waals surface area contributed by atoms with Gasteiger partial charge in [0.05, 0.1) is 0 Å². The van der Waals surface area contributed by atoms with Gasteiger partial charge < -0.3 is 8.85 Å². The van der Waals surface area contributed by atoms with E-state index in [1.54, 1.807) is 0 Å². The van der Waals surface area contributed by atoms with Gasteiger partial charge in [0.15, 0.2) is 0 Å². The van der Waals surface area contributed by atoms with Crippen LogP contribution < -0.4 is 0 Å². The molecule has 106 valence electrons. The van der Waals surface area contributed by atoms with E-state index in [1.165, 1.54) is 57.8 Å². The fraction of sp³-hybridized carbons (Fsp3) is 1.00. The van der Waals surface area contributed by atoms with Gasteiger partial charge in [-0.25, -0.2) is 0 Å². The van der Waals surface area contributed by atoms with Crippen molar-refractivity contribution >= 4 is 8.56 Å². The molecule has 0 aromatic heterocycles. The molecule has 0 unspecified atom stereocenters. The molecule has 2 rings (SSSR count). The maximum Gasteiger partial charge on any atom is 0.344 e. The van der Waals surface area contributed by atoms with E-state index in [1.807, 2.05) is 0 Å². The van der Waals surface area contributed by atoms with E-state index in [-0.39, 0.29) is 0 Å². The fourth-order valence-electron chi connectivity index (χ4n) is 4.13. The van der Waals surface area contributed by atoms with Gasteiger partial charge in [0.1, 0.15) is 0 Å². The SMILES string of the molecule is CCO[Si](OCC)(C1CCCCC1)C1CCCC1. The number of hydrogen-bond donors (Lipinski definition) is 0. The molecule has 18 heavy (non-hydrogen) atoms. The van der Waals surface area contributed by atoms with Crippen molar-refractivity contribution in [2.45, 2.75) is 82.7 Å². The maximum atomic E-state index is 6.41. The van der Waals surface area contributed by atoms with Gasteiger partial charge in [0, 0.05) is 24.3 Å². The van der Waals surface area contributed by atoms with Crippen LogP contribution in [0, 0.1) is 0 Å². The Morgan fingerprint density at radius 3 is 1.50 bits per heavy atom. The first kappa shape index (κ1) is 14.5. The average molecular weight is 270 g/mol. The van der Waals surface area contributed by atoms with Crippen LogP contribution in [0.15, 0.2) is 0 Å². The lowest BCUT2D eigenvalue weighted by molar-refractivity contribution is 0.153. The summed E-state index contributed by atoms with van der Waals surface area (Å²) >= 11 is 0. The van der Waals surface area contributed by atoms with Crippen molar-refractivity contribution in [1.82, 2.24) is 0 Å². The Kier molecular flexibility index (Phi) is 5.71. The van der Waals surface area contributed by atoms with Crippen LogP contribution >= 0.6 is 0 Å². The Labute approximate surface area is 114 Å². The molecular formula is C15H30O2Si. The van der Waals surface area contributed by atoms with Crippen LogP contribution in [0.5, 0.6) is 0 Å². The summed E-state index contributed by atoms with van der Waals surface area (Å²) in [4.78, 5) is 0. The van der Waals surface area contributed by atoms with E-state index in [0.717, 1.165) is 24.3 Å². The third-order valence-electron chi connectivity index (χ3n) is 4.84. The Morgan fingerprint density at radius 1 is 0.722 bits per heavy atom. The summed E-state index contributed by atoms with van der Waals surface area (Å²) in [6, 6.07) is 0. The molecule has 3 heteroatoms. The molecule has 2 saturated carbocycles. The van der Waals surface area contributed by atoms with E-state index in [9.17, 15) is 0 Å². The van der Waals surface area contributed by atoms with Gasteiger partial charge in [-0.05, 0) is 39.5 Å². The highest BCUT2D eigenvalue weighted by Gasteiger charge is 2.52. The van der Waals surface area contributed by atoms with Gasteiger partial charge in [0.25, 0.3) is 0 Å². The second-order valence-corrected chi connectivity index (χ2v) is 9.56. The van der Waals surface area contributed by atoms with E-state index < -0.39 is 8.56 Å². The largest absolute Gasteiger partial charge is 0.394 e. The van der Waals surface area contributed by atoms with Gasteiger partial charge in [-0.1, -0.05) is 32.1 Å². The van der Waals surface area contributed by atoms with E-state index in [4.69, 9.17) is 8.85 Å². The Bertz CT molecular complexity index is 227. The lowest BCUT2D eigenvalue weighted by atomic mass is 10.0. The molecule has 0 saturated heterocycles. The van der Waals surface area contributed by atoms with Gasteiger partial charge in [-0.15, -0.1) is 0 Å². The summed E-state index contributed by atoms with van der Waals surface area (Å²) in [6.07, 6.45) is 12.5. The van der Waals surface area contributed by atoms with E-state index >= 15 is 0 Å². The third kappa shape index (κ3) is 2.99. The molecule has 0 aromatic carbocycles. The average Bonchev–Trinajstić information content (AvgIpc) is 2.94. The van der Waals surface area contributed by atoms with Crippen LogP contribution in [0.2, 0.25) is 11.1 Å². The maximum absolute atomic E-state index is 6.41. The molecule has 0 N–H and O–H groups in total. The van der Waals surface area contributed by atoms with Crippen LogP contribution in [0.3, 0.4) is 0 Å². The molecule has 0 radical (unpaired) electrons.